The Balaban J connectivity index is 1.55. The van der Waals surface area contributed by atoms with Crippen molar-refractivity contribution in [1.29, 1.82) is 0 Å². The van der Waals surface area contributed by atoms with Gasteiger partial charge in [-0.05, 0) is 31.9 Å². The molecule has 0 radical (unpaired) electrons. The second kappa shape index (κ2) is 10.1. The lowest BCUT2D eigenvalue weighted by atomic mass is 9.90. The number of β-amino-alcohol motifs (C(OH)–C–C–N with tert-alkyl or cyclic N) is 2. The van der Waals surface area contributed by atoms with Gasteiger partial charge < -0.3 is 29.3 Å². The lowest BCUT2D eigenvalue weighted by Gasteiger charge is -2.41. The molecule has 0 bridgehead atoms. The summed E-state index contributed by atoms with van der Waals surface area (Å²) in [5.41, 5.74) is -2.39. The van der Waals surface area contributed by atoms with Crippen LogP contribution in [0.2, 0.25) is 0 Å². The molecule has 1 aromatic rings. The van der Waals surface area contributed by atoms with Gasteiger partial charge in [-0.2, -0.15) is 0 Å². The molecule has 1 amide bonds. The van der Waals surface area contributed by atoms with Gasteiger partial charge in [0.1, 0.15) is 18.0 Å². The first-order valence-corrected chi connectivity index (χ1v) is 10.5. The van der Waals surface area contributed by atoms with E-state index in [9.17, 15) is 23.8 Å². The van der Waals surface area contributed by atoms with E-state index in [0.29, 0.717) is 52.2 Å². The average molecular weight is 444 g/mol. The largest absolute Gasteiger partial charge is 0.490 e. The van der Waals surface area contributed by atoms with E-state index in [1.165, 1.54) is 6.07 Å². The van der Waals surface area contributed by atoms with Gasteiger partial charge in [-0.25, -0.2) is 13.6 Å². The highest BCUT2D eigenvalue weighted by molar-refractivity contribution is 5.67. The van der Waals surface area contributed by atoms with Crippen LogP contribution in [-0.4, -0.2) is 96.5 Å². The predicted octanol–water partition coefficient (Wildman–Crippen LogP) is 1.39. The van der Waals surface area contributed by atoms with Gasteiger partial charge >= 0.3 is 6.09 Å². The molecule has 2 saturated heterocycles. The molecule has 1 atom stereocenters. The number of hydrogen-bond acceptors (Lipinski definition) is 7. The topological polar surface area (TPSA) is 91.7 Å². The van der Waals surface area contributed by atoms with Crippen LogP contribution < -0.4 is 4.74 Å². The van der Waals surface area contributed by atoms with Crippen LogP contribution in [0.3, 0.4) is 0 Å². The molecule has 0 spiro atoms. The molecule has 2 fully saturated rings. The maximum Gasteiger partial charge on any atom is 0.409 e. The predicted molar refractivity (Wildman–Crippen MR) is 107 cm³/mol. The third-order valence-corrected chi connectivity index (χ3v) is 5.58. The Morgan fingerprint density at radius 1 is 1.16 bits per heavy atom. The highest BCUT2D eigenvalue weighted by Crippen LogP contribution is 2.26. The fourth-order valence-corrected chi connectivity index (χ4v) is 3.90. The number of ether oxygens (including phenoxy) is 3. The number of piperidine rings is 1. The molecule has 8 nitrogen and oxygen atoms in total. The van der Waals surface area contributed by atoms with Crippen LogP contribution in [0, 0.1) is 11.6 Å². The standard InChI is InChI=1S/C21H30F2N2O6/c1-2-30-19(26)25-7-5-20(27,6-8-25)12-24-9-10-29-14-21(28,13-24)15-31-16-3-4-17(22)18(23)11-16/h3-4,11,27-28H,2,5-10,12-15H2,1H3/t21-/m1/s1. The molecule has 10 heteroatoms. The number of halogens is 2. The van der Waals surface area contributed by atoms with Gasteiger partial charge in [-0.1, -0.05) is 0 Å². The van der Waals surface area contributed by atoms with E-state index in [1.807, 2.05) is 4.90 Å². The summed E-state index contributed by atoms with van der Waals surface area (Å²) >= 11 is 0. The van der Waals surface area contributed by atoms with Crippen LogP contribution in [-0.2, 0) is 9.47 Å². The SMILES string of the molecule is CCOC(=O)N1CCC(O)(CN2CCOC[C@@](O)(COc3ccc(F)c(F)c3)C2)CC1. The lowest BCUT2D eigenvalue weighted by Crippen LogP contribution is -2.55. The number of carbonyl (C=O) groups is 1. The zero-order valence-electron chi connectivity index (χ0n) is 17.7. The van der Waals surface area contributed by atoms with Gasteiger partial charge in [-0.15, -0.1) is 0 Å². The number of benzene rings is 1. The van der Waals surface area contributed by atoms with Gasteiger partial charge in [0.05, 0.1) is 25.4 Å². The van der Waals surface area contributed by atoms with Gasteiger partial charge in [-0.3, -0.25) is 4.90 Å². The van der Waals surface area contributed by atoms with Crippen molar-refractivity contribution in [2.75, 3.05) is 59.2 Å². The van der Waals surface area contributed by atoms with E-state index in [-0.39, 0.29) is 31.6 Å². The van der Waals surface area contributed by atoms with Gasteiger partial charge in [0.25, 0.3) is 0 Å². The lowest BCUT2D eigenvalue weighted by molar-refractivity contribution is -0.0790. The highest BCUT2D eigenvalue weighted by Gasteiger charge is 2.40. The van der Waals surface area contributed by atoms with Crippen molar-refractivity contribution in [3.8, 4) is 5.75 Å². The molecule has 1 aromatic carbocycles. The quantitative estimate of drug-likeness (QED) is 0.685. The van der Waals surface area contributed by atoms with Crippen LogP contribution in [0.15, 0.2) is 18.2 Å². The van der Waals surface area contributed by atoms with Crippen LogP contribution in [0.5, 0.6) is 5.75 Å². The summed E-state index contributed by atoms with van der Waals surface area (Å²) < 4.78 is 42.5. The molecule has 174 valence electrons. The first-order valence-electron chi connectivity index (χ1n) is 10.5. The summed E-state index contributed by atoms with van der Waals surface area (Å²) in [4.78, 5) is 15.3. The Bertz CT molecular complexity index is 759. The molecule has 0 saturated carbocycles. The molecular formula is C21H30F2N2O6. The Hall–Kier alpha value is -2.01. The maximum atomic E-state index is 13.4. The fraction of sp³-hybridized carbons (Fsp3) is 0.667. The van der Waals surface area contributed by atoms with E-state index in [0.717, 1.165) is 12.1 Å². The molecule has 2 N–H and O–H groups in total. The molecular weight excluding hydrogens is 414 g/mol. The molecule has 3 rings (SSSR count). The van der Waals surface area contributed by atoms with Crippen molar-refractivity contribution in [2.24, 2.45) is 0 Å². The van der Waals surface area contributed by atoms with Crippen molar-refractivity contribution < 1.29 is 38.0 Å². The fourth-order valence-electron chi connectivity index (χ4n) is 3.90. The van der Waals surface area contributed by atoms with Crippen molar-refractivity contribution >= 4 is 6.09 Å². The zero-order chi connectivity index (χ0) is 22.5. The summed E-state index contributed by atoms with van der Waals surface area (Å²) in [7, 11) is 0. The minimum atomic E-state index is -1.39. The number of likely N-dealkylation sites (tertiary alicyclic amines) is 1. The Morgan fingerprint density at radius 3 is 2.58 bits per heavy atom. The van der Waals surface area contributed by atoms with Crippen molar-refractivity contribution in [3.05, 3.63) is 29.8 Å². The van der Waals surface area contributed by atoms with Gasteiger partial charge in [0.15, 0.2) is 11.6 Å². The number of nitrogens with zero attached hydrogens (tertiary/aromatic N) is 2. The summed E-state index contributed by atoms with van der Waals surface area (Å²) in [6.07, 6.45) is 0.413. The van der Waals surface area contributed by atoms with E-state index < -0.39 is 22.8 Å². The summed E-state index contributed by atoms with van der Waals surface area (Å²) in [6.45, 7) is 4.05. The smallest absolute Gasteiger partial charge is 0.409 e. The first-order chi connectivity index (χ1) is 14.7. The molecule has 0 aromatic heterocycles. The van der Waals surface area contributed by atoms with Crippen molar-refractivity contribution in [1.82, 2.24) is 9.80 Å². The molecule has 2 heterocycles. The Labute approximate surface area is 180 Å². The second-order valence-corrected chi connectivity index (χ2v) is 8.26. The third kappa shape index (κ3) is 6.49. The average Bonchev–Trinajstić information content (AvgIpc) is 2.90. The van der Waals surface area contributed by atoms with Crippen LogP contribution >= 0.6 is 0 Å². The normalized spacial score (nSPS) is 24.5. The van der Waals surface area contributed by atoms with E-state index in [2.05, 4.69) is 0 Å². The molecule has 0 unspecified atom stereocenters. The minimum Gasteiger partial charge on any atom is -0.490 e. The molecule has 2 aliphatic rings. The summed E-state index contributed by atoms with van der Waals surface area (Å²) in [5.74, 6) is -1.90. The zero-order valence-corrected chi connectivity index (χ0v) is 17.7. The van der Waals surface area contributed by atoms with Gasteiger partial charge in [0, 0.05) is 38.8 Å². The second-order valence-electron chi connectivity index (χ2n) is 8.26. The maximum absolute atomic E-state index is 13.4. The van der Waals surface area contributed by atoms with Crippen LogP contribution in [0.1, 0.15) is 19.8 Å². The van der Waals surface area contributed by atoms with Crippen molar-refractivity contribution in [3.63, 3.8) is 0 Å². The Morgan fingerprint density at radius 2 is 1.90 bits per heavy atom. The van der Waals surface area contributed by atoms with Crippen molar-refractivity contribution in [2.45, 2.75) is 31.0 Å². The number of amides is 1. The van der Waals surface area contributed by atoms with E-state index in [4.69, 9.17) is 14.2 Å². The van der Waals surface area contributed by atoms with E-state index in [1.54, 1.807) is 11.8 Å². The number of rotatable bonds is 6. The number of hydrogen-bond donors (Lipinski definition) is 2. The third-order valence-electron chi connectivity index (χ3n) is 5.58. The minimum absolute atomic E-state index is 0.0161. The first kappa shape index (κ1) is 23.6. The summed E-state index contributed by atoms with van der Waals surface area (Å²) in [5, 5.41) is 22.0. The Kier molecular flexibility index (Phi) is 7.68. The monoisotopic (exact) mass is 444 g/mol. The number of carbonyl (C=O) groups excluding carboxylic acids is 1. The van der Waals surface area contributed by atoms with Gasteiger partial charge in [0.2, 0.25) is 0 Å². The highest BCUT2D eigenvalue weighted by atomic mass is 19.2. The molecule has 0 aliphatic carbocycles. The van der Waals surface area contributed by atoms with Crippen LogP contribution in [0.25, 0.3) is 0 Å². The summed E-state index contributed by atoms with van der Waals surface area (Å²) in [6, 6.07) is 3.17. The molecule has 31 heavy (non-hydrogen) atoms. The van der Waals surface area contributed by atoms with E-state index >= 15 is 0 Å². The molecule has 2 aliphatic heterocycles. The number of aliphatic hydroxyl groups is 2. The van der Waals surface area contributed by atoms with Crippen LogP contribution in [0.4, 0.5) is 13.6 Å².